The predicted octanol–water partition coefficient (Wildman–Crippen LogP) is 2.11. The molecule has 0 radical (unpaired) electrons. The summed E-state index contributed by atoms with van der Waals surface area (Å²) in [5.74, 6) is 0. The van der Waals surface area contributed by atoms with Gasteiger partial charge in [0.2, 0.25) is 15.5 Å². The topological polar surface area (TPSA) is 79.0 Å². The van der Waals surface area contributed by atoms with Crippen molar-refractivity contribution in [3.63, 3.8) is 0 Å². The lowest BCUT2D eigenvalue weighted by Crippen LogP contribution is -2.31. The largest absolute Gasteiger partial charge is 0.366 e. The first kappa shape index (κ1) is 15.5. The Hall–Kier alpha value is -1.92. The summed E-state index contributed by atoms with van der Waals surface area (Å²) in [6.45, 7) is 3.86. The van der Waals surface area contributed by atoms with Crippen LogP contribution in [0.4, 0.5) is 0 Å². The van der Waals surface area contributed by atoms with Crippen LogP contribution in [-0.4, -0.2) is 13.4 Å². The van der Waals surface area contributed by atoms with Crippen LogP contribution in [0.1, 0.15) is 30.5 Å². The van der Waals surface area contributed by atoms with Gasteiger partial charge in [0, 0.05) is 24.5 Å². The quantitative estimate of drug-likeness (QED) is 0.888. The molecule has 0 bridgehead atoms. The number of sulfonamides is 1. The normalized spacial score (nSPS) is 13.0. The molecule has 0 aliphatic heterocycles. The van der Waals surface area contributed by atoms with E-state index in [-0.39, 0.29) is 10.9 Å². The fourth-order valence-corrected chi connectivity index (χ4v) is 3.41. The van der Waals surface area contributed by atoms with Gasteiger partial charge in [-0.25, -0.2) is 13.1 Å². The number of benzene rings is 1. The molecule has 0 fully saturated rings. The van der Waals surface area contributed by atoms with E-state index in [0.717, 1.165) is 11.1 Å². The second kappa shape index (κ2) is 6.24. The van der Waals surface area contributed by atoms with E-state index in [0.29, 0.717) is 6.42 Å². The van der Waals surface area contributed by atoms with Gasteiger partial charge in [0.1, 0.15) is 4.90 Å². The van der Waals surface area contributed by atoms with Gasteiger partial charge < -0.3 is 4.98 Å². The number of aryl methyl sites for hydroxylation is 1. The zero-order valence-corrected chi connectivity index (χ0v) is 12.8. The van der Waals surface area contributed by atoms with Crippen LogP contribution in [0.5, 0.6) is 0 Å². The van der Waals surface area contributed by atoms with Gasteiger partial charge in [0.15, 0.2) is 0 Å². The van der Waals surface area contributed by atoms with Gasteiger partial charge in [-0.1, -0.05) is 36.8 Å². The second-order valence-electron chi connectivity index (χ2n) is 4.87. The van der Waals surface area contributed by atoms with Crippen molar-refractivity contribution in [1.29, 1.82) is 0 Å². The summed E-state index contributed by atoms with van der Waals surface area (Å²) in [7, 11) is -3.85. The van der Waals surface area contributed by atoms with Crippen LogP contribution < -0.4 is 10.2 Å². The first-order chi connectivity index (χ1) is 9.94. The van der Waals surface area contributed by atoms with Gasteiger partial charge in [-0.15, -0.1) is 0 Å². The number of aromatic nitrogens is 1. The highest BCUT2D eigenvalue weighted by Crippen LogP contribution is 2.19. The minimum absolute atomic E-state index is 0.268. The maximum Gasteiger partial charge on any atom is 0.246 e. The Bertz CT molecular complexity index is 764. The number of aromatic amines is 1. The summed E-state index contributed by atoms with van der Waals surface area (Å²) < 4.78 is 27.3. The van der Waals surface area contributed by atoms with Crippen molar-refractivity contribution >= 4 is 10.0 Å². The molecule has 1 aromatic heterocycles. The Kier molecular flexibility index (Phi) is 4.59. The Labute approximate surface area is 124 Å². The molecular formula is C15H18N2O3S. The van der Waals surface area contributed by atoms with Gasteiger partial charge >= 0.3 is 0 Å². The molecule has 6 heteroatoms. The number of hydrogen-bond donors (Lipinski definition) is 2. The van der Waals surface area contributed by atoms with Crippen molar-refractivity contribution in [3.8, 4) is 0 Å². The van der Waals surface area contributed by atoms with E-state index in [9.17, 15) is 13.2 Å². The van der Waals surface area contributed by atoms with Crippen molar-refractivity contribution in [2.45, 2.75) is 31.2 Å². The molecule has 2 N–H and O–H groups in total. The highest BCUT2D eigenvalue weighted by atomic mass is 32.2. The summed E-state index contributed by atoms with van der Waals surface area (Å²) in [4.78, 5) is 14.0. The molecular weight excluding hydrogens is 288 g/mol. The summed E-state index contributed by atoms with van der Waals surface area (Å²) >= 11 is 0. The molecule has 5 nitrogen and oxygen atoms in total. The number of H-pyrrole nitrogens is 1. The van der Waals surface area contributed by atoms with Crippen LogP contribution in [0.2, 0.25) is 0 Å². The zero-order valence-electron chi connectivity index (χ0n) is 12.0. The third-order valence-electron chi connectivity index (χ3n) is 3.26. The summed E-state index contributed by atoms with van der Waals surface area (Å²) in [5, 5.41) is 0. The van der Waals surface area contributed by atoms with Crippen molar-refractivity contribution in [3.05, 3.63) is 64.1 Å². The standard InChI is InChI=1S/C15H18N2O3S/c1-3-13(12-6-4-11(2)5-7-12)17-21(19,20)15-10-16-9-8-14(15)18/h4-10,13,17H,3H2,1-2H3,(H,16,18). The Morgan fingerprint density at radius 3 is 2.43 bits per heavy atom. The van der Waals surface area contributed by atoms with Crippen molar-refractivity contribution in [2.24, 2.45) is 0 Å². The molecule has 1 aromatic carbocycles. The molecule has 0 saturated heterocycles. The molecule has 0 aliphatic carbocycles. The minimum atomic E-state index is -3.85. The van der Waals surface area contributed by atoms with E-state index in [1.165, 1.54) is 18.5 Å². The van der Waals surface area contributed by atoms with E-state index in [2.05, 4.69) is 9.71 Å². The zero-order chi connectivity index (χ0) is 15.5. The average Bonchev–Trinajstić information content (AvgIpc) is 2.46. The molecule has 1 unspecified atom stereocenters. The molecule has 21 heavy (non-hydrogen) atoms. The van der Waals surface area contributed by atoms with E-state index in [1.807, 2.05) is 38.1 Å². The molecule has 0 saturated carbocycles. The van der Waals surface area contributed by atoms with Crippen LogP contribution >= 0.6 is 0 Å². The van der Waals surface area contributed by atoms with E-state index < -0.39 is 15.5 Å². The number of rotatable bonds is 5. The highest BCUT2D eigenvalue weighted by Gasteiger charge is 2.22. The fourth-order valence-electron chi connectivity index (χ4n) is 2.05. The van der Waals surface area contributed by atoms with Crippen molar-refractivity contribution in [2.75, 3.05) is 0 Å². The molecule has 1 heterocycles. The molecule has 0 aliphatic rings. The van der Waals surface area contributed by atoms with Gasteiger partial charge in [0.05, 0.1) is 0 Å². The first-order valence-corrected chi connectivity index (χ1v) is 8.18. The van der Waals surface area contributed by atoms with Crippen LogP contribution in [0.15, 0.2) is 52.4 Å². The summed E-state index contributed by atoms with van der Waals surface area (Å²) in [6.07, 6.45) is 3.19. The van der Waals surface area contributed by atoms with E-state index in [1.54, 1.807) is 0 Å². The fraction of sp³-hybridized carbons (Fsp3) is 0.267. The lowest BCUT2D eigenvalue weighted by molar-refractivity contribution is 0.549. The van der Waals surface area contributed by atoms with Gasteiger partial charge in [-0.2, -0.15) is 0 Å². The number of nitrogens with one attached hydrogen (secondary N) is 2. The summed E-state index contributed by atoms with van der Waals surface area (Å²) in [5.41, 5.74) is 1.45. The predicted molar refractivity (Wildman–Crippen MR) is 81.6 cm³/mol. The van der Waals surface area contributed by atoms with Crippen molar-refractivity contribution < 1.29 is 8.42 Å². The van der Waals surface area contributed by atoms with Gasteiger partial charge in [-0.3, -0.25) is 4.79 Å². The maximum atomic E-state index is 12.3. The number of pyridine rings is 1. The first-order valence-electron chi connectivity index (χ1n) is 6.70. The minimum Gasteiger partial charge on any atom is -0.366 e. The van der Waals surface area contributed by atoms with Crippen LogP contribution in [0.3, 0.4) is 0 Å². The lowest BCUT2D eigenvalue weighted by Gasteiger charge is -2.17. The van der Waals surface area contributed by atoms with E-state index >= 15 is 0 Å². The van der Waals surface area contributed by atoms with Crippen LogP contribution in [0.25, 0.3) is 0 Å². The molecule has 1 atom stereocenters. The molecule has 2 rings (SSSR count). The Balaban J connectivity index is 2.32. The smallest absolute Gasteiger partial charge is 0.246 e. The number of hydrogen-bond acceptors (Lipinski definition) is 3. The Morgan fingerprint density at radius 2 is 1.86 bits per heavy atom. The SMILES string of the molecule is CCC(NS(=O)(=O)c1c[nH]ccc1=O)c1ccc(C)cc1. The second-order valence-corrected chi connectivity index (χ2v) is 6.55. The van der Waals surface area contributed by atoms with E-state index in [4.69, 9.17) is 0 Å². The maximum absolute atomic E-state index is 12.3. The molecule has 2 aromatic rings. The molecule has 112 valence electrons. The highest BCUT2D eigenvalue weighted by molar-refractivity contribution is 7.89. The van der Waals surface area contributed by atoms with Gasteiger partial charge in [0.25, 0.3) is 0 Å². The summed E-state index contributed by atoms with van der Waals surface area (Å²) in [6, 6.07) is 8.47. The molecule has 0 spiro atoms. The average molecular weight is 306 g/mol. The monoisotopic (exact) mass is 306 g/mol. The third-order valence-corrected chi connectivity index (χ3v) is 4.76. The van der Waals surface area contributed by atoms with Gasteiger partial charge in [-0.05, 0) is 18.9 Å². The lowest BCUT2D eigenvalue weighted by atomic mass is 10.0. The van der Waals surface area contributed by atoms with Crippen molar-refractivity contribution in [1.82, 2.24) is 9.71 Å². The third kappa shape index (κ3) is 3.59. The molecule has 0 amide bonds. The van der Waals surface area contributed by atoms with Crippen LogP contribution in [0, 0.1) is 6.92 Å². The van der Waals surface area contributed by atoms with Crippen LogP contribution in [-0.2, 0) is 10.0 Å². The Morgan fingerprint density at radius 1 is 1.19 bits per heavy atom.